The quantitative estimate of drug-likeness (QED) is 0.0310. The molecule has 0 radical (unpaired) electrons. The van der Waals surface area contributed by atoms with Gasteiger partial charge < -0.3 is 14.2 Å². The number of hydrogen-bond acceptors (Lipinski definition) is 5. The molecule has 0 spiro atoms. The summed E-state index contributed by atoms with van der Waals surface area (Å²) in [6.07, 6.45) is 47.1. The summed E-state index contributed by atoms with van der Waals surface area (Å²) in [5, 5.41) is 5.57. The molecule has 0 bridgehead atoms. The van der Waals surface area contributed by atoms with Crippen molar-refractivity contribution in [1.82, 2.24) is 0 Å². The highest BCUT2D eigenvalue weighted by Crippen LogP contribution is 2.41. The van der Waals surface area contributed by atoms with Gasteiger partial charge in [0.15, 0.2) is 0 Å². The van der Waals surface area contributed by atoms with Crippen LogP contribution < -0.4 is 5.14 Å². The zero-order valence-corrected chi connectivity index (χ0v) is 53.0. The monoisotopic (exact) mass is 1150 g/mol. The van der Waals surface area contributed by atoms with Crippen LogP contribution in [0.25, 0.3) is 0 Å². The van der Waals surface area contributed by atoms with Gasteiger partial charge in [0.2, 0.25) is 10.0 Å². The van der Waals surface area contributed by atoms with Crippen LogP contribution in [0.15, 0.2) is 152 Å². The number of hydrogen-bond donors (Lipinski definition) is 1. The van der Waals surface area contributed by atoms with E-state index in [1.165, 1.54) is 198 Å². The van der Waals surface area contributed by atoms with E-state index in [2.05, 4.69) is 159 Å². The molecule has 2 unspecified atom stereocenters. The zero-order chi connectivity index (χ0) is 58.4. The molecule has 6 nitrogen and oxygen atoms in total. The van der Waals surface area contributed by atoms with Crippen molar-refractivity contribution < 1.29 is 22.6 Å². The number of unbranched alkanes of at least 4 members (excludes halogenated alkanes) is 31. The maximum Gasteiger partial charge on any atom is 0.209 e. The minimum Gasteiger partial charge on any atom is -0.371 e. The Kier molecular flexibility index (Phi) is 38.0. The molecule has 0 aromatic heterocycles. The maximum absolute atomic E-state index is 12.1. The summed E-state index contributed by atoms with van der Waals surface area (Å²) in [5.74, 6) is 0.355. The molecule has 0 amide bonds. The Morgan fingerprint density at radius 2 is 0.614 bits per heavy atom. The molecular formula is C76H115NO5S. The van der Waals surface area contributed by atoms with Gasteiger partial charge in [-0.25, -0.2) is 13.6 Å². The largest absolute Gasteiger partial charge is 0.371 e. The summed E-state index contributed by atoms with van der Waals surface area (Å²) in [6.45, 7) is 3.83. The molecule has 0 aliphatic rings. The van der Waals surface area contributed by atoms with Crippen molar-refractivity contribution in [3.63, 3.8) is 0 Å². The minimum absolute atomic E-state index is 0.0974. The van der Waals surface area contributed by atoms with Gasteiger partial charge in [-0.3, -0.25) is 0 Å². The number of rotatable bonds is 53. The smallest absolute Gasteiger partial charge is 0.209 e. The predicted molar refractivity (Wildman–Crippen MR) is 353 cm³/mol. The lowest BCUT2D eigenvalue weighted by Crippen LogP contribution is -2.37. The number of primary sulfonamides is 1. The van der Waals surface area contributed by atoms with Gasteiger partial charge in [-0.05, 0) is 59.4 Å². The third-order valence-electron chi connectivity index (χ3n) is 17.3. The van der Waals surface area contributed by atoms with E-state index < -0.39 is 15.6 Å². The summed E-state index contributed by atoms with van der Waals surface area (Å²) in [4.78, 5) is 0. The Labute approximate surface area is 508 Å². The molecule has 460 valence electrons. The van der Waals surface area contributed by atoms with E-state index in [0.29, 0.717) is 26.2 Å². The average molecular weight is 1150 g/mol. The molecular weight excluding hydrogens is 1040 g/mol. The summed E-state index contributed by atoms with van der Waals surface area (Å²) < 4.78 is 45.4. The SMILES string of the molecule is CCCCCCCCCCCCCCCCCCCCCCC[C@@H](CCCCCCCCCCCCCCC(OCc1ccccc1)C(CCOC(c1ccccc1)(c1ccccc1)c1ccccc1)OCc1ccccc1)CS(N)(=O)=O. The van der Waals surface area contributed by atoms with Crippen molar-refractivity contribution >= 4 is 10.0 Å². The van der Waals surface area contributed by atoms with Crippen LogP contribution in [-0.4, -0.2) is 33.0 Å². The minimum atomic E-state index is -3.44. The van der Waals surface area contributed by atoms with Crippen LogP contribution >= 0.6 is 0 Å². The van der Waals surface area contributed by atoms with Crippen LogP contribution in [0.5, 0.6) is 0 Å². The van der Waals surface area contributed by atoms with Crippen molar-refractivity contribution in [3.8, 4) is 0 Å². The van der Waals surface area contributed by atoms with Crippen LogP contribution in [0, 0.1) is 5.92 Å². The Balaban J connectivity index is 0.952. The molecule has 0 heterocycles. The molecule has 2 N–H and O–H groups in total. The first-order chi connectivity index (χ1) is 40.9. The van der Waals surface area contributed by atoms with E-state index in [9.17, 15) is 8.42 Å². The molecule has 7 heteroatoms. The zero-order valence-electron chi connectivity index (χ0n) is 52.2. The highest BCUT2D eigenvalue weighted by molar-refractivity contribution is 7.89. The third-order valence-corrected chi connectivity index (χ3v) is 18.3. The Morgan fingerprint density at radius 3 is 0.916 bits per heavy atom. The number of ether oxygens (including phenoxy) is 3. The second kappa shape index (κ2) is 45.2. The predicted octanol–water partition coefficient (Wildman–Crippen LogP) is 21.5. The van der Waals surface area contributed by atoms with Gasteiger partial charge in [0.05, 0.1) is 37.8 Å². The van der Waals surface area contributed by atoms with Gasteiger partial charge >= 0.3 is 0 Å². The number of benzene rings is 5. The highest BCUT2D eigenvalue weighted by Gasteiger charge is 2.38. The number of nitrogens with two attached hydrogens (primary N) is 1. The Bertz CT molecular complexity index is 2250. The van der Waals surface area contributed by atoms with E-state index in [1.807, 2.05) is 0 Å². The van der Waals surface area contributed by atoms with E-state index in [4.69, 9.17) is 19.3 Å². The fourth-order valence-electron chi connectivity index (χ4n) is 12.5. The fraction of sp³-hybridized carbons (Fsp3) is 0.605. The second-order valence-corrected chi connectivity index (χ2v) is 26.1. The van der Waals surface area contributed by atoms with Crippen LogP contribution in [0.3, 0.4) is 0 Å². The molecule has 0 aliphatic carbocycles. The summed E-state index contributed by atoms with van der Waals surface area (Å²) >= 11 is 0. The van der Waals surface area contributed by atoms with Crippen molar-refractivity contribution in [2.24, 2.45) is 11.1 Å². The van der Waals surface area contributed by atoms with E-state index >= 15 is 0 Å². The summed E-state index contributed by atoms with van der Waals surface area (Å²) in [5.41, 5.74) is 4.80. The van der Waals surface area contributed by atoms with E-state index in [-0.39, 0.29) is 23.9 Å². The molecule has 5 aromatic carbocycles. The van der Waals surface area contributed by atoms with Crippen LogP contribution in [-0.2, 0) is 43.0 Å². The Hall–Kier alpha value is -4.11. The van der Waals surface area contributed by atoms with Crippen molar-refractivity contribution in [2.45, 2.75) is 276 Å². The standard InChI is InChI=1S/C76H115NO5S/c1-2-3-4-5-6-7-8-9-10-11-12-13-14-15-16-17-20-23-26-29-37-54-70(67-83(77,78)79)55-38-30-27-24-21-18-19-22-25-28-31-49-62-74(80-65-68-50-39-32-40-51-68)75(81-66-69-52-41-33-42-53-69)63-64-82-76(71-56-43-34-44-57-71,72-58-45-35-46-59-72)73-60-47-36-48-61-73/h32-36,39-48,50-53,56-61,70,74-75H,2-31,37-38,49,54-55,62-67H2,1H3,(H2,77,78,79)/t70-,74?,75?/m0/s1. The molecule has 3 atom stereocenters. The van der Waals surface area contributed by atoms with Gasteiger partial charge in [-0.2, -0.15) is 0 Å². The van der Waals surface area contributed by atoms with Crippen LogP contribution in [0.2, 0.25) is 0 Å². The normalized spacial score (nSPS) is 13.1. The van der Waals surface area contributed by atoms with Crippen molar-refractivity contribution in [1.29, 1.82) is 0 Å². The summed E-state index contributed by atoms with van der Waals surface area (Å²) in [7, 11) is -3.44. The Morgan fingerprint density at radius 1 is 0.349 bits per heavy atom. The first-order valence-electron chi connectivity index (χ1n) is 34.0. The topological polar surface area (TPSA) is 87.8 Å². The van der Waals surface area contributed by atoms with E-state index in [0.717, 1.165) is 60.8 Å². The molecule has 0 saturated heterocycles. The summed E-state index contributed by atoms with van der Waals surface area (Å²) in [6, 6.07) is 52.9. The van der Waals surface area contributed by atoms with Crippen LogP contribution in [0.4, 0.5) is 0 Å². The van der Waals surface area contributed by atoms with Gasteiger partial charge in [0.25, 0.3) is 0 Å². The average Bonchev–Trinajstić information content (AvgIpc) is 3.00. The molecule has 83 heavy (non-hydrogen) atoms. The van der Waals surface area contributed by atoms with Crippen molar-refractivity contribution in [2.75, 3.05) is 12.4 Å². The lowest BCUT2D eigenvalue weighted by molar-refractivity contribution is -0.106. The van der Waals surface area contributed by atoms with Crippen LogP contribution in [0.1, 0.15) is 272 Å². The van der Waals surface area contributed by atoms with Crippen molar-refractivity contribution in [3.05, 3.63) is 179 Å². The molecule has 5 rings (SSSR count). The first kappa shape index (κ1) is 69.7. The molecule has 0 aliphatic heterocycles. The second-order valence-electron chi connectivity index (χ2n) is 24.5. The highest BCUT2D eigenvalue weighted by atomic mass is 32.2. The van der Waals surface area contributed by atoms with E-state index in [1.54, 1.807) is 0 Å². The number of sulfonamides is 1. The third kappa shape index (κ3) is 31.2. The molecule has 5 aromatic rings. The van der Waals surface area contributed by atoms with Gasteiger partial charge in [0, 0.05) is 0 Å². The molecule has 0 fully saturated rings. The van der Waals surface area contributed by atoms with Gasteiger partial charge in [0.1, 0.15) is 5.60 Å². The fourth-order valence-corrected chi connectivity index (χ4v) is 13.4. The van der Waals surface area contributed by atoms with Gasteiger partial charge in [-0.1, -0.05) is 370 Å². The maximum atomic E-state index is 12.1. The molecule has 0 saturated carbocycles. The lowest BCUT2D eigenvalue weighted by Gasteiger charge is -2.37. The lowest BCUT2D eigenvalue weighted by atomic mass is 9.80. The van der Waals surface area contributed by atoms with Gasteiger partial charge in [-0.15, -0.1) is 0 Å². The first-order valence-corrected chi connectivity index (χ1v) is 35.7.